The van der Waals surface area contributed by atoms with Crippen LogP contribution in [0.25, 0.3) is 16.8 Å². The van der Waals surface area contributed by atoms with Gasteiger partial charge in [-0.25, -0.2) is 13.6 Å². The Balaban J connectivity index is 1.53. The molecule has 2 N–H and O–H groups in total. The minimum absolute atomic E-state index is 0.0277. The first-order valence-electron chi connectivity index (χ1n) is 10.8. The van der Waals surface area contributed by atoms with E-state index in [1.807, 2.05) is 13.0 Å². The summed E-state index contributed by atoms with van der Waals surface area (Å²) < 4.78 is 32.7. The van der Waals surface area contributed by atoms with Crippen molar-refractivity contribution in [2.24, 2.45) is 0 Å². The molecule has 4 aromatic rings. The summed E-state index contributed by atoms with van der Waals surface area (Å²) in [6.45, 7) is 1.84. The Bertz CT molecular complexity index is 1490. The molecule has 2 heterocycles. The number of tetrazole rings is 1. The molecule has 2 aromatic carbocycles. The summed E-state index contributed by atoms with van der Waals surface area (Å²) in [6.07, 6.45) is -0.333. The molecule has 182 valence electrons. The lowest BCUT2D eigenvalue weighted by atomic mass is 9.98. The van der Waals surface area contributed by atoms with Crippen LogP contribution in [0.4, 0.5) is 14.5 Å². The van der Waals surface area contributed by atoms with Crippen LogP contribution in [0.5, 0.6) is 0 Å². The van der Waals surface area contributed by atoms with Gasteiger partial charge in [-0.3, -0.25) is 4.79 Å². The Kier molecular flexibility index (Phi) is 5.43. The Hall–Kier alpha value is -4.74. The van der Waals surface area contributed by atoms with Crippen LogP contribution in [0.15, 0.2) is 61.1 Å². The summed E-state index contributed by atoms with van der Waals surface area (Å²) >= 11 is 0. The second kappa shape index (κ2) is 8.48. The number of anilines is 1. The van der Waals surface area contributed by atoms with Crippen molar-refractivity contribution in [3.05, 3.63) is 88.6 Å². The van der Waals surface area contributed by atoms with Gasteiger partial charge in [0.25, 0.3) is 11.6 Å². The van der Waals surface area contributed by atoms with Crippen molar-refractivity contribution in [1.29, 1.82) is 0 Å². The highest BCUT2D eigenvalue weighted by Gasteiger charge is 2.57. The van der Waals surface area contributed by atoms with Gasteiger partial charge >= 0.3 is 5.97 Å². The molecule has 5 rings (SSSR count). The van der Waals surface area contributed by atoms with Crippen molar-refractivity contribution in [3.63, 3.8) is 0 Å². The zero-order chi connectivity index (χ0) is 25.6. The van der Waals surface area contributed by atoms with Gasteiger partial charge in [-0.05, 0) is 59.8 Å². The molecule has 0 aliphatic heterocycles. The van der Waals surface area contributed by atoms with Gasteiger partial charge in [0.2, 0.25) is 5.69 Å². The van der Waals surface area contributed by atoms with Crippen molar-refractivity contribution in [2.75, 3.05) is 5.32 Å². The van der Waals surface area contributed by atoms with Crippen LogP contribution in [-0.2, 0) is 10.5 Å². The van der Waals surface area contributed by atoms with Crippen LogP contribution >= 0.6 is 0 Å². The summed E-state index contributed by atoms with van der Waals surface area (Å²) in [5.41, 5.74) is -1.54. The van der Waals surface area contributed by atoms with Gasteiger partial charge in [0.1, 0.15) is 12.5 Å². The maximum atomic E-state index is 16.0. The summed E-state index contributed by atoms with van der Waals surface area (Å²) in [5, 5.41) is 35.4. The molecular weight excluding hydrogens is 474 g/mol. The smallest absolute Gasteiger partial charge is 0.335 e. The van der Waals surface area contributed by atoms with E-state index in [-0.39, 0.29) is 21.5 Å². The summed E-state index contributed by atoms with van der Waals surface area (Å²) in [5.74, 6) is -2.39. The van der Waals surface area contributed by atoms with Gasteiger partial charge in [-0.15, -0.1) is 5.10 Å². The summed E-state index contributed by atoms with van der Waals surface area (Å²) in [6, 6.07) is 11.7. The van der Waals surface area contributed by atoms with Gasteiger partial charge < -0.3 is 15.6 Å². The van der Waals surface area contributed by atoms with Crippen molar-refractivity contribution < 1.29 is 28.2 Å². The minimum atomic E-state index is -2.94. The third-order valence-corrected chi connectivity index (χ3v) is 6.04. The number of aromatic nitrogens is 5. The minimum Gasteiger partial charge on any atom is -0.618 e. The lowest BCUT2D eigenvalue weighted by Gasteiger charge is -2.19. The molecule has 0 spiro atoms. The Morgan fingerprint density at radius 2 is 1.97 bits per heavy atom. The first-order valence-corrected chi connectivity index (χ1v) is 10.8. The molecule has 10 nitrogen and oxygen atoms in total. The third kappa shape index (κ3) is 3.82. The highest BCUT2D eigenvalue weighted by molar-refractivity contribution is 5.99. The summed E-state index contributed by atoms with van der Waals surface area (Å²) in [4.78, 5) is 23.9. The Morgan fingerprint density at radius 3 is 2.64 bits per heavy atom. The number of halogens is 2. The van der Waals surface area contributed by atoms with E-state index in [1.54, 1.807) is 12.1 Å². The normalized spacial score (nSPS) is 18.6. The van der Waals surface area contributed by atoms with E-state index >= 15 is 8.78 Å². The second-order valence-corrected chi connectivity index (χ2v) is 8.44. The fourth-order valence-corrected chi connectivity index (χ4v) is 4.31. The molecule has 0 radical (unpaired) electrons. The number of hydrogen-bond acceptors (Lipinski definition) is 6. The number of carbonyl (C=O) groups excluding carboxylic acids is 1. The number of nitrogens with one attached hydrogen (secondary N) is 1. The van der Waals surface area contributed by atoms with Crippen LogP contribution in [0, 0.1) is 12.1 Å². The van der Waals surface area contributed by atoms with Crippen LogP contribution in [0.1, 0.15) is 39.8 Å². The number of pyridine rings is 1. The van der Waals surface area contributed by atoms with Crippen molar-refractivity contribution in [2.45, 2.75) is 25.2 Å². The number of carboxylic acids is 1. The second-order valence-electron chi connectivity index (χ2n) is 8.44. The number of carbonyl (C=O) groups is 2. The SMILES string of the molecule is Cc1ccc(-n2cnnn2)c(-c2cc3c([n+]([O-])c2)C(F)(C(=O)Nc2ccc(C(=O)O)cc2)CC3F)c1. The van der Waals surface area contributed by atoms with E-state index in [0.29, 0.717) is 16.8 Å². The number of fused-ring (bicyclic) bond motifs is 1. The number of amides is 1. The van der Waals surface area contributed by atoms with Gasteiger partial charge in [0.15, 0.2) is 6.20 Å². The zero-order valence-electron chi connectivity index (χ0n) is 18.7. The number of nitrogens with zero attached hydrogens (tertiary/aromatic N) is 5. The number of benzene rings is 2. The number of hydrogen-bond donors (Lipinski definition) is 2. The monoisotopic (exact) mass is 492 g/mol. The molecule has 0 saturated heterocycles. The average molecular weight is 492 g/mol. The maximum Gasteiger partial charge on any atom is 0.335 e. The Labute approximate surface area is 202 Å². The first-order chi connectivity index (χ1) is 17.2. The molecule has 2 aromatic heterocycles. The predicted molar refractivity (Wildman–Crippen MR) is 122 cm³/mol. The fourth-order valence-electron chi connectivity index (χ4n) is 4.31. The number of rotatable bonds is 5. The van der Waals surface area contributed by atoms with Crippen molar-refractivity contribution >= 4 is 17.6 Å². The van der Waals surface area contributed by atoms with Crippen molar-refractivity contribution in [3.8, 4) is 16.8 Å². The number of carboxylic acid groups (broad SMARTS) is 1. The van der Waals surface area contributed by atoms with E-state index in [9.17, 15) is 14.8 Å². The number of aromatic carboxylic acids is 1. The van der Waals surface area contributed by atoms with E-state index in [4.69, 9.17) is 5.11 Å². The van der Waals surface area contributed by atoms with Crippen LogP contribution in [0.3, 0.4) is 0 Å². The van der Waals surface area contributed by atoms with E-state index < -0.39 is 35.8 Å². The van der Waals surface area contributed by atoms with Crippen LogP contribution in [-0.4, -0.2) is 37.2 Å². The lowest BCUT2D eigenvalue weighted by molar-refractivity contribution is -0.618. The third-order valence-electron chi connectivity index (χ3n) is 6.04. The molecule has 2 atom stereocenters. The maximum absolute atomic E-state index is 16.0. The number of aryl methyl sites for hydroxylation is 1. The molecule has 1 aliphatic carbocycles. The highest BCUT2D eigenvalue weighted by Crippen LogP contribution is 2.48. The quantitative estimate of drug-likeness (QED) is 0.322. The van der Waals surface area contributed by atoms with E-state index in [0.717, 1.165) is 11.8 Å². The van der Waals surface area contributed by atoms with Crippen LogP contribution in [0.2, 0.25) is 0 Å². The molecule has 12 heteroatoms. The predicted octanol–water partition coefficient (Wildman–Crippen LogP) is 3.19. The van der Waals surface area contributed by atoms with Gasteiger partial charge in [-0.2, -0.15) is 9.41 Å². The standard InChI is InChI=1S/C24H18F2N6O4/c1-13-2-7-20(31-12-27-29-30-31)17(8-13)15-9-18-19(25)10-24(26,21(18)32(36)11-15)23(35)28-16-5-3-14(4-6-16)22(33)34/h2-9,11-12,19H,10H2,1H3,(H,28,35)(H,33,34). The largest absolute Gasteiger partial charge is 0.618 e. The van der Waals surface area contributed by atoms with Crippen molar-refractivity contribution in [1.82, 2.24) is 20.2 Å². The molecule has 1 aliphatic rings. The lowest BCUT2D eigenvalue weighted by Crippen LogP contribution is -2.45. The fraction of sp³-hybridized carbons (Fsp3) is 0.167. The van der Waals surface area contributed by atoms with Crippen LogP contribution < -0.4 is 10.0 Å². The van der Waals surface area contributed by atoms with Gasteiger partial charge in [-0.1, -0.05) is 11.6 Å². The number of alkyl halides is 2. The first kappa shape index (κ1) is 23.0. The van der Waals surface area contributed by atoms with Gasteiger partial charge in [0.05, 0.1) is 16.8 Å². The summed E-state index contributed by atoms with van der Waals surface area (Å²) in [7, 11) is 0. The zero-order valence-corrected chi connectivity index (χ0v) is 18.7. The molecule has 1 amide bonds. The molecule has 36 heavy (non-hydrogen) atoms. The van der Waals surface area contributed by atoms with E-state index in [1.165, 1.54) is 41.3 Å². The average Bonchev–Trinajstić information content (AvgIpc) is 3.46. The molecule has 0 bridgehead atoms. The molecule has 2 unspecified atom stereocenters. The molecule has 0 saturated carbocycles. The highest BCUT2D eigenvalue weighted by atomic mass is 19.2. The van der Waals surface area contributed by atoms with Gasteiger partial charge in [0, 0.05) is 23.2 Å². The topological polar surface area (TPSA) is 137 Å². The molecule has 0 fully saturated rings. The molecular formula is C24H18F2N6O4. The Morgan fingerprint density at radius 1 is 1.22 bits per heavy atom. The van der Waals surface area contributed by atoms with E-state index in [2.05, 4.69) is 20.8 Å².